The number of rotatable bonds is 4. The molecule has 156 valence electrons. The molecular weight excluding hydrogens is 399 g/mol. The lowest BCUT2D eigenvalue weighted by Crippen LogP contribution is -2.53. The Labute approximate surface area is 169 Å². The fraction of sp³-hybridized carbons (Fsp3) is 0.286. The van der Waals surface area contributed by atoms with E-state index in [9.17, 15) is 23.1 Å². The first kappa shape index (κ1) is 20.1. The van der Waals surface area contributed by atoms with Gasteiger partial charge < -0.3 is 15.2 Å². The van der Waals surface area contributed by atoms with Crippen LogP contribution in [0.1, 0.15) is 35.8 Å². The van der Waals surface area contributed by atoms with Gasteiger partial charge in [-0.2, -0.15) is 13.2 Å². The number of ether oxygens (including phenoxy) is 1. The standard InChI is InChI=1S/C21H18F3N3O3/c1-20(29)9-14(10-20)26-19(28)17-5-2-12-8-15(4-6-16(12)27-17)30-18-7-3-13(11-25-18)21(22,23)24/h2-8,11,14,29H,9-10H2,1H3,(H,26,28). The molecule has 2 heterocycles. The molecule has 2 N–H and O–H groups in total. The monoisotopic (exact) mass is 417 g/mol. The molecule has 2 aromatic heterocycles. The Kier molecular flexibility index (Phi) is 4.85. The molecule has 1 amide bonds. The predicted octanol–water partition coefficient (Wildman–Crippen LogP) is 4.08. The summed E-state index contributed by atoms with van der Waals surface area (Å²) in [6.07, 6.45) is -2.74. The van der Waals surface area contributed by atoms with E-state index in [4.69, 9.17) is 4.74 Å². The highest BCUT2D eigenvalue weighted by Crippen LogP contribution is 2.32. The van der Waals surface area contributed by atoms with E-state index in [0.717, 1.165) is 12.1 Å². The van der Waals surface area contributed by atoms with Crippen LogP contribution in [0.3, 0.4) is 0 Å². The fourth-order valence-corrected chi connectivity index (χ4v) is 3.39. The number of hydrogen-bond acceptors (Lipinski definition) is 5. The number of carbonyl (C=O) groups is 1. The SMILES string of the molecule is CC1(O)CC(NC(=O)c2ccc3cc(Oc4ccc(C(F)(F)F)cn4)ccc3n2)C1. The molecule has 0 atom stereocenters. The zero-order valence-electron chi connectivity index (χ0n) is 15.9. The number of benzene rings is 1. The third-order valence-electron chi connectivity index (χ3n) is 4.89. The van der Waals surface area contributed by atoms with Crippen molar-refractivity contribution in [3.8, 4) is 11.6 Å². The minimum atomic E-state index is -4.46. The highest BCUT2D eigenvalue weighted by molar-refractivity contribution is 5.95. The molecule has 0 spiro atoms. The zero-order valence-corrected chi connectivity index (χ0v) is 15.9. The van der Waals surface area contributed by atoms with Crippen LogP contribution in [-0.2, 0) is 6.18 Å². The lowest BCUT2D eigenvalue weighted by Gasteiger charge is -2.41. The maximum absolute atomic E-state index is 12.6. The van der Waals surface area contributed by atoms with E-state index >= 15 is 0 Å². The Balaban J connectivity index is 1.46. The Morgan fingerprint density at radius 1 is 1.20 bits per heavy atom. The first-order valence-electron chi connectivity index (χ1n) is 9.24. The largest absolute Gasteiger partial charge is 0.439 e. The molecular formula is C21H18F3N3O3. The van der Waals surface area contributed by atoms with Crippen molar-refractivity contribution in [2.24, 2.45) is 0 Å². The van der Waals surface area contributed by atoms with E-state index < -0.39 is 17.3 Å². The van der Waals surface area contributed by atoms with Crippen LogP contribution in [0.15, 0.2) is 48.7 Å². The summed E-state index contributed by atoms with van der Waals surface area (Å²) in [7, 11) is 0. The van der Waals surface area contributed by atoms with E-state index in [1.807, 2.05) is 0 Å². The van der Waals surface area contributed by atoms with Crippen LogP contribution >= 0.6 is 0 Å². The molecule has 30 heavy (non-hydrogen) atoms. The second kappa shape index (κ2) is 7.24. The highest BCUT2D eigenvalue weighted by atomic mass is 19.4. The quantitative estimate of drug-likeness (QED) is 0.668. The molecule has 0 bridgehead atoms. The average molecular weight is 417 g/mol. The van der Waals surface area contributed by atoms with Gasteiger partial charge in [0, 0.05) is 23.7 Å². The van der Waals surface area contributed by atoms with Crippen molar-refractivity contribution in [2.75, 3.05) is 0 Å². The van der Waals surface area contributed by atoms with Crippen LogP contribution in [0, 0.1) is 0 Å². The molecule has 0 aliphatic heterocycles. The van der Waals surface area contributed by atoms with Gasteiger partial charge in [-0.05, 0) is 50.1 Å². The van der Waals surface area contributed by atoms with Crippen molar-refractivity contribution in [1.82, 2.24) is 15.3 Å². The molecule has 1 aliphatic carbocycles. The fourth-order valence-electron chi connectivity index (χ4n) is 3.39. The number of pyridine rings is 2. The molecule has 1 fully saturated rings. The smallest absolute Gasteiger partial charge is 0.417 e. The Bertz CT molecular complexity index is 1090. The summed E-state index contributed by atoms with van der Waals surface area (Å²) >= 11 is 0. The van der Waals surface area contributed by atoms with Gasteiger partial charge in [0.15, 0.2) is 0 Å². The van der Waals surface area contributed by atoms with Gasteiger partial charge in [0.25, 0.3) is 5.91 Å². The normalized spacial score (nSPS) is 21.2. The maximum atomic E-state index is 12.6. The third-order valence-corrected chi connectivity index (χ3v) is 4.89. The second-order valence-corrected chi connectivity index (χ2v) is 7.61. The topological polar surface area (TPSA) is 84.3 Å². The number of amides is 1. The lowest BCUT2D eigenvalue weighted by molar-refractivity contribution is -0.137. The van der Waals surface area contributed by atoms with Crippen LogP contribution in [0.4, 0.5) is 13.2 Å². The second-order valence-electron chi connectivity index (χ2n) is 7.61. The molecule has 0 unspecified atom stereocenters. The van der Waals surface area contributed by atoms with E-state index in [-0.39, 0.29) is 23.5 Å². The van der Waals surface area contributed by atoms with Crippen LogP contribution < -0.4 is 10.1 Å². The number of hydrogen-bond donors (Lipinski definition) is 2. The predicted molar refractivity (Wildman–Crippen MR) is 102 cm³/mol. The van der Waals surface area contributed by atoms with Gasteiger partial charge in [-0.15, -0.1) is 0 Å². The number of fused-ring (bicyclic) bond motifs is 1. The summed E-state index contributed by atoms with van der Waals surface area (Å²) in [5, 5.41) is 13.3. The van der Waals surface area contributed by atoms with Crippen LogP contribution in [0.2, 0.25) is 0 Å². The van der Waals surface area contributed by atoms with Crippen LogP contribution in [0.5, 0.6) is 11.6 Å². The van der Waals surface area contributed by atoms with Gasteiger partial charge in [-0.1, -0.05) is 6.07 Å². The first-order valence-corrected chi connectivity index (χ1v) is 9.24. The Morgan fingerprint density at radius 2 is 1.97 bits per heavy atom. The van der Waals surface area contributed by atoms with Gasteiger partial charge >= 0.3 is 6.18 Å². The summed E-state index contributed by atoms with van der Waals surface area (Å²) in [4.78, 5) is 20.4. The Morgan fingerprint density at radius 3 is 2.60 bits per heavy atom. The Hall–Kier alpha value is -3.20. The summed E-state index contributed by atoms with van der Waals surface area (Å²) in [5.74, 6) is 0.0971. The zero-order chi connectivity index (χ0) is 21.5. The van der Waals surface area contributed by atoms with Crippen molar-refractivity contribution >= 4 is 16.8 Å². The molecule has 1 aliphatic rings. The van der Waals surface area contributed by atoms with E-state index in [0.29, 0.717) is 35.7 Å². The minimum absolute atomic E-state index is 0.0303. The van der Waals surface area contributed by atoms with Gasteiger partial charge in [-0.3, -0.25) is 4.79 Å². The van der Waals surface area contributed by atoms with Crippen LogP contribution in [-0.4, -0.2) is 32.6 Å². The van der Waals surface area contributed by atoms with E-state index in [1.54, 1.807) is 37.3 Å². The van der Waals surface area contributed by atoms with E-state index in [1.165, 1.54) is 0 Å². The lowest BCUT2D eigenvalue weighted by atomic mass is 9.77. The summed E-state index contributed by atoms with van der Waals surface area (Å²) in [6, 6.07) is 10.2. The molecule has 9 heteroatoms. The maximum Gasteiger partial charge on any atom is 0.417 e. The highest BCUT2D eigenvalue weighted by Gasteiger charge is 2.39. The van der Waals surface area contributed by atoms with Gasteiger partial charge in [0.2, 0.25) is 5.88 Å². The van der Waals surface area contributed by atoms with Gasteiger partial charge in [0.1, 0.15) is 11.4 Å². The van der Waals surface area contributed by atoms with Crippen molar-refractivity contribution < 1.29 is 27.8 Å². The minimum Gasteiger partial charge on any atom is -0.439 e. The third kappa shape index (κ3) is 4.35. The first-order chi connectivity index (χ1) is 14.1. The van der Waals surface area contributed by atoms with Crippen LogP contribution in [0.25, 0.3) is 10.9 Å². The summed E-state index contributed by atoms with van der Waals surface area (Å²) < 4.78 is 43.3. The average Bonchev–Trinajstić information content (AvgIpc) is 2.66. The molecule has 0 saturated heterocycles. The molecule has 0 radical (unpaired) electrons. The van der Waals surface area contributed by atoms with Gasteiger partial charge in [-0.25, -0.2) is 9.97 Å². The molecule has 4 rings (SSSR count). The summed E-state index contributed by atoms with van der Waals surface area (Å²) in [6.45, 7) is 1.73. The van der Waals surface area contributed by atoms with Crippen molar-refractivity contribution in [1.29, 1.82) is 0 Å². The van der Waals surface area contributed by atoms with Crippen molar-refractivity contribution in [3.05, 3.63) is 59.9 Å². The number of carbonyl (C=O) groups excluding carboxylic acids is 1. The molecule has 6 nitrogen and oxygen atoms in total. The molecule has 1 saturated carbocycles. The number of alkyl halides is 3. The number of nitrogens with zero attached hydrogens (tertiary/aromatic N) is 2. The molecule has 3 aromatic rings. The number of aliphatic hydroxyl groups is 1. The van der Waals surface area contributed by atoms with E-state index in [2.05, 4.69) is 15.3 Å². The van der Waals surface area contributed by atoms with Gasteiger partial charge in [0.05, 0.1) is 16.7 Å². The number of halogens is 3. The van der Waals surface area contributed by atoms with Crippen molar-refractivity contribution in [2.45, 2.75) is 37.6 Å². The van der Waals surface area contributed by atoms with Crippen molar-refractivity contribution in [3.63, 3.8) is 0 Å². The number of nitrogens with one attached hydrogen (secondary N) is 1. The molecule has 1 aromatic carbocycles. The number of aromatic nitrogens is 2. The summed E-state index contributed by atoms with van der Waals surface area (Å²) in [5.41, 5.74) is -0.760.